The van der Waals surface area contributed by atoms with E-state index in [0.29, 0.717) is 12.5 Å². The van der Waals surface area contributed by atoms with Crippen molar-refractivity contribution in [3.05, 3.63) is 36.0 Å². The van der Waals surface area contributed by atoms with Crippen molar-refractivity contribution in [1.82, 2.24) is 15.6 Å². The number of hydrogen-bond acceptors (Lipinski definition) is 2. The predicted octanol–water partition coefficient (Wildman–Crippen LogP) is 2.46. The molecule has 1 spiro atoms. The summed E-state index contributed by atoms with van der Waals surface area (Å²) in [6.45, 7) is 0.859. The molecule has 4 nitrogen and oxygen atoms in total. The highest BCUT2D eigenvalue weighted by Gasteiger charge is 2.47. The molecule has 3 N–H and O–H groups in total. The number of benzene rings is 1. The quantitative estimate of drug-likeness (QED) is 0.810. The highest BCUT2D eigenvalue weighted by molar-refractivity contribution is 5.82. The Morgan fingerprint density at radius 3 is 3.00 bits per heavy atom. The van der Waals surface area contributed by atoms with E-state index in [1.807, 2.05) is 6.20 Å². The molecule has 1 aliphatic carbocycles. The van der Waals surface area contributed by atoms with Crippen LogP contribution in [0.2, 0.25) is 0 Å². The average molecular weight is 283 g/mol. The molecule has 0 radical (unpaired) electrons. The predicted molar refractivity (Wildman–Crippen MR) is 82.9 cm³/mol. The molecule has 110 valence electrons. The van der Waals surface area contributed by atoms with Crippen LogP contribution in [0.4, 0.5) is 0 Å². The molecule has 1 unspecified atom stereocenters. The van der Waals surface area contributed by atoms with Crippen LogP contribution < -0.4 is 10.6 Å². The summed E-state index contributed by atoms with van der Waals surface area (Å²) in [5.74, 6) is 0.223. The van der Waals surface area contributed by atoms with Crippen molar-refractivity contribution in [2.75, 3.05) is 0 Å². The highest BCUT2D eigenvalue weighted by atomic mass is 16.1. The molecule has 1 aliphatic heterocycles. The fraction of sp³-hybridized carbons (Fsp3) is 0.471. The van der Waals surface area contributed by atoms with Gasteiger partial charge in [-0.05, 0) is 43.4 Å². The van der Waals surface area contributed by atoms with Crippen LogP contribution >= 0.6 is 0 Å². The highest BCUT2D eigenvalue weighted by Crippen LogP contribution is 2.39. The molecule has 1 saturated carbocycles. The molecule has 1 aromatic heterocycles. The minimum Gasteiger partial charge on any atom is -0.361 e. The molecule has 2 aromatic rings. The van der Waals surface area contributed by atoms with Gasteiger partial charge < -0.3 is 15.6 Å². The molecule has 2 aliphatic rings. The van der Waals surface area contributed by atoms with Gasteiger partial charge in [0, 0.05) is 36.1 Å². The number of H-pyrrole nitrogens is 1. The van der Waals surface area contributed by atoms with Crippen LogP contribution in [0.1, 0.15) is 37.7 Å². The minimum absolute atomic E-state index is 0.0291. The van der Waals surface area contributed by atoms with Gasteiger partial charge in [-0.2, -0.15) is 0 Å². The number of rotatable bonds is 3. The third-order valence-electron chi connectivity index (χ3n) is 5.19. The number of amides is 1. The van der Waals surface area contributed by atoms with Gasteiger partial charge >= 0.3 is 0 Å². The second-order valence-corrected chi connectivity index (χ2v) is 6.39. The maximum atomic E-state index is 11.7. The molecule has 2 heterocycles. The Morgan fingerprint density at radius 1 is 1.29 bits per heavy atom. The van der Waals surface area contributed by atoms with Crippen LogP contribution in [-0.4, -0.2) is 22.5 Å². The standard InChI is InChI=1S/C17H21N3O/c21-16-6-5-15(17(20-16)8-2-9-17)19-11-12-3-1-4-14-13(12)7-10-18-14/h1,3-4,7,10,15,18-19H,2,5-6,8-9,11H2,(H,20,21). The summed E-state index contributed by atoms with van der Waals surface area (Å²) < 4.78 is 0. The Kier molecular flexibility index (Phi) is 3.00. The molecule has 1 aromatic carbocycles. The monoisotopic (exact) mass is 283 g/mol. The van der Waals surface area contributed by atoms with E-state index in [4.69, 9.17) is 0 Å². The number of hydrogen-bond donors (Lipinski definition) is 3. The Bertz CT molecular complexity index is 671. The summed E-state index contributed by atoms with van der Waals surface area (Å²) in [5, 5.41) is 8.23. The largest absolute Gasteiger partial charge is 0.361 e. The first-order valence-electron chi connectivity index (χ1n) is 7.86. The number of nitrogens with one attached hydrogen (secondary N) is 3. The van der Waals surface area contributed by atoms with Gasteiger partial charge in [0.15, 0.2) is 0 Å². The van der Waals surface area contributed by atoms with E-state index >= 15 is 0 Å². The van der Waals surface area contributed by atoms with Crippen LogP contribution in [0.25, 0.3) is 10.9 Å². The Hall–Kier alpha value is -1.81. The molecular weight excluding hydrogens is 262 g/mol. The molecule has 1 amide bonds. The van der Waals surface area contributed by atoms with Crippen molar-refractivity contribution in [3.8, 4) is 0 Å². The molecule has 1 saturated heterocycles. The van der Waals surface area contributed by atoms with E-state index in [2.05, 4.69) is 39.9 Å². The molecule has 2 fully saturated rings. The van der Waals surface area contributed by atoms with E-state index in [1.165, 1.54) is 22.9 Å². The van der Waals surface area contributed by atoms with Crippen LogP contribution in [0, 0.1) is 0 Å². The van der Waals surface area contributed by atoms with Gasteiger partial charge in [-0.1, -0.05) is 12.1 Å². The van der Waals surface area contributed by atoms with Gasteiger partial charge in [-0.15, -0.1) is 0 Å². The zero-order valence-electron chi connectivity index (χ0n) is 12.1. The first kappa shape index (κ1) is 12.9. The van der Waals surface area contributed by atoms with E-state index in [-0.39, 0.29) is 11.4 Å². The minimum atomic E-state index is 0.0291. The van der Waals surface area contributed by atoms with E-state index in [9.17, 15) is 4.79 Å². The topological polar surface area (TPSA) is 56.9 Å². The van der Waals surface area contributed by atoms with Crippen molar-refractivity contribution in [2.24, 2.45) is 0 Å². The molecule has 4 rings (SSSR count). The van der Waals surface area contributed by atoms with Crippen molar-refractivity contribution >= 4 is 16.8 Å². The van der Waals surface area contributed by atoms with Gasteiger partial charge in [-0.3, -0.25) is 4.79 Å². The second kappa shape index (κ2) is 4.88. The van der Waals surface area contributed by atoms with E-state index in [0.717, 1.165) is 25.8 Å². The maximum absolute atomic E-state index is 11.7. The third-order valence-corrected chi connectivity index (χ3v) is 5.19. The molecular formula is C17H21N3O. The van der Waals surface area contributed by atoms with E-state index < -0.39 is 0 Å². The first-order chi connectivity index (χ1) is 10.3. The number of aromatic nitrogens is 1. The lowest BCUT2D eigenvalue weighted by Gasteiger charge is -2.51. The summed E-state index contributed by atoms with van der Waals surface area (Å²) in [7, 11) is 0. The number of fused-ring (bicyclic) bond motifs is 1. The normalized spacial score (nSPS) is 24.0. The van der Waals surface area contributed by atoms with Crippen LogP contribution in [0.3, 0.4) is 0 Å². The first-order valence-corrected chi connectivity index (χ1v) is 7.86. The number of piperidine rings is 1. The lowest BCUT2D eigenvalue weighted by atomic mass is 9.68. The van der Waals surface area contributed by atoms with Crippen LogP contribution in [0.15, 0.2) is 30.5 Å². The van der Waals surface area contributed by atoms with E-state index in [1.54, 1.807) is 0 Å². The summed E-state index contributed by atoms with van der Waals surface area (Å²) >= 11 is 0. The van der Waals surface area contributed by atoms with Crippen molar-refractivity contribution < 1.29 is 4.79 Å². The molecule has 4 heteroatoms. The van der Waals surface area contributed by atoms with Crippen LogP contribution in [-0.2, 0) is 11.3 Å². The smallest absolute Gasteiger partial charge is 0.220 e. The lowest BCUT2D eigenvalue weighted by molar-refractivity contribution is -0.128. The van der Waals surface area contributed by atoms with Crippen molar-refractivity contribution in [1.29, 1.82) is 0 Å². The fourth-order valence-electron chi connectivity index (χ4n) is 3.85. The third kappa shape index (κ3) is 2.14. The summed E-state index contributed by atoms with van der Waals surface area (Å²) in [4.78, 5) is 14.9. The van der Waals surface area contributed by atoms with Gasteiger partial charge in [0.25, 0.3) is 0 Å². The Balaban J connectivity index is 1.51. The summed E-state index contributed by atoms with van der Waals surface area (Å²) in [5.41, 5.74) is 2.53. The number of aromatic amines is 1. The lowest BCUT2D eigenvalue weighted by Crippen LogP contribution is -2.67. The zero-order valence-corrected chi connectivity index (χ0v) is 12.1. The SMILES string of the molecule is O=C1CCC(NCc2cccc3[nH]ccc23)C2(CCC2)N1. The van der Waals surface area contributed by atoms with Crippen molar-refractivity contribution in [2.45, 2.75) is 50.2 Å². The summed E-state index contributed by atoms with van der Waals surface area (Å²) in [6.07, 6.45) is 7.05. The number of carbonyl (C=O) groups is 1. The van der Waals surface area contributed by atoms with Crippen molar-refractivity contribution in [3.63, 3.8) is 0 Å². The number of carbonyl (C=O) groups excluding carboxylic acids is 1. The molecule has 1 atom stereocenters. The zero-order chi connectivity index (χ0) is 14.3. The summed E-state index contributed by atoms with van der Waals surface area (Å²) in [6, 6.07) is 8.91. The average Bonchev–Trinajstić information content (AvgIpc) is 2.93. The molecule has 21 heavy (non-hydrogen) atoms. The molecule has 0 bridgehead atoms. The Labute approximate surface area is 124 Å². The fourth-order valence-corrected chi connectivity index (χ4v) is 3.85. The maximum Gasteiger partial charge on any atom is 0.220 e. The van der Waals surface area contributed by atoms with Gasteiger partial charge in [-0.25, -0.2) is 0 Å². The second-order valence-electron chi connectivity index (χ2n) is 6.39. The van der Waals surface area contributed by atoms with Gasteiger partial charge in [0.2, 0.25) is 5.91 Å². The Morgan fingerprint density at radius 2 is 2.19 bits per heavy atom. The van der Waals surface area contributed by atoms with Gasteiger partial charge in [0.1, 0.15) is 0 Å². The van der Waals surface area contributed by atoms with Gasteiger partial charge in [0.05, 0.1) is 5.54 Å². The van der Waals surface area contributed by atoms with Crippen LogP contribution in [0.5, 0.6) is 0 Å².